The summed E-state index contributed by atoms with van der Waals surface area (Å²) in [6, 6.07) is 7.21. The summed E-state index contributed by atoms with van der Waals surface area (Å²) >= 11 is 6.14. The van der Waals surface area contributed by atoms with Gasteiger partial charge in [-0.05, 0) is 38.8 Å². The largest absolute Gasteiger partial charge is 0.324 e. The Kier molecular flexibility index (Phi) is 5.31. The zero-order valence-electron chi connectivity index (χ0n) is 16.2. The third-order valence-corrected chi connectivity index (χ3v) is 5.85. The summed E-state index contributed by atoms with van der Waals surface area (Å²) in [5.41, 5.74) is 3.20. The molecule has 7 heteroatoms. The van der Waals surface area contributed by atoms with Crippen molar-refractivity contribution in [3.05, 3.63) is 52.1 Å². The maximum atomic E-state index is 12.6. The zero-order chi connectivity index (χ0) is 19.7. The van der Waals surface area contributed by atoms with Gasteiger partial charge in [-0.15, -0.1) is 5.10 Å². The molecule has 0 atom stereocenters. The number of aromatic nitrogens is 4. The SMILES string of the molecule is Cc1nc2nc(C3CCCCC3)nn2c(C)c1CC(=O)Nc1ccccc1Cl. The van der Waals surface area contributed by atoms with Gasteiger partial charge in [0.1, 0.15) is 0 Å². The zero-order valence-corrected chi connectivity index (χ0v) is 17.0. The predicted molar refractivity (Wildman–Crippen MR) is 110 cm³/mol. The molecule has 0 radical (unpaired) electrons. The van der Waals surface area contributed by atoms with Gasteiger partial charge < -0.3 is 5.32 Å². The molecule has 1 fully saturated rings. The molecule has 4 rings (SSSR count). The quantitative estimate of drug-likeness (QED) is 0.697. The second-order valence-corrected chi connectivity index (χ2v) is 7.89. The fourth-order valence-electron chi connectivity index (χ4n) is 3.93. The van der Waals surface area contributed by atoms with Crippen molar-refractivity contribution in [3.63, 3.8) is 0 Å². The molecule has 0 bridgehead atoms. The smallest absolute Gasteiger partial charge is 0.252 e. The van der Waals surface area contributed by atoms with E-state index in [1.807, 2.05) is 26.0 Å². The van der Waals surface area contributed by atoms with Gasteiger partial charge in [-0.3, -0.25) is 4.79 Å². The lowest BCUT2D eigenvalue weighted by Crippen LogP contribution is -2.18. The van der Waals surface area contributed by atoms with E-state index in [0.717, 1.165) is 35.6 Å². The van der Waals surface area contributed by atoms with Gasteiger partial charge in [0, 0.05) is 22.9 Å². The van der Waals surface area contributed by atoms with Crippen LogP contribution >= 0.6 is 11.6 Å². The Hall–Kier alpha value is -2.47. The third-order valence-electron chi connectivity index (χ3n) is 5.52. The number of amides is 1. The Morgan fingerprint density at radius 1 is 1.18 bits per heavy atom. The van der Waals surface area contributed by atoms with Gasteiger partial charge in [-0.25, -0.2) is 9.50 Å². The van der Waals surface area contributed by atoms with Gasteiger partial charge in [0.15, 0.2) is 5.82 Å². The van der Waals surface area contributed by atoms with Crippen LogP contribution < -0.4 is 5.32 Å². The van der Waals surface area contributed by atoms with Crippen molar-refractivity contribution in [2.45, 2.75) is 58.3 Å². The van der Waals surface area contributed by atoms with E-state index in [1.165, 1.54) is 19.3 Å². The molecular formula is C21H24ClN5O. The first-order chi connectivity index (χ1) is 13.5. The minimum Gasteiger partial charge on any atom is -0.324 e. The van der Waals surface area contributed by atoms with Crippen molar-refractivity contribution in [3.8, 4) is 0 Å². The molecule has 6 nitrogen and oxygen atoms in total. The van der Waals surface area contributed by atoms with Crippen LogP contribution in [-0.2, 0) is 11.2 Å². The summed E-state index contributed by atoms with van der Waals surface area (Å²) in [7, 11) is 0. The Labute approximate surface area is 169 Å². The molecule has 1 aliphatic rings. The van der Waals surface area contributed by atoms with E-state index >= 15 is 0 Å². The fraction of sp³-hybridized carbons (Fsp3) is 0.429. The Morgan fingerprint density at radius 2 is 1.93 bits per heavy atom. The molecule has 2 aromatic heterocycles. The van der Waals surface area contributed by atoms with Crippen molar-refractivity contribution in [2.75, 3.05) is 5.32 Å². The molecule has 3 aromatic rings. The molecule has 1 aromatic carbocycles. The average Bonchev–Trinajstić information content (AvgIpc) is 3.12. The Morgan fingerprint density at radius 3 is 2.68 bits per heavy atom. The summed E-state index contributed by atoms with van der Waals surface area (Å²) in [6.07, 6.45) is 6.26. The number of halogens is 1. The highest BCUT2D eigenvalue weighted by molar-refractivity contribution is 6.33. The van der Waals surface area contributed by atoms with Gasteiger partial charge >= 0.3 is 0 Å². The number of rotatable bonds is 4. The van der Waals surface area contributed by atoms with Crippen LogP contribution in [0.1, 0.15) is 60.8 Å². The van der Waals surface area contributed by atoms with Crippen LogP contribution in [0.25, 0.3) is 5.78 Å². The molecule has 0 aliphatic heterocycles. The molecule has 146 valence electrons. The summed E-state index contributed by atoms with van der Waals surface area (Å²) in [4.78, 5) is 21.9. The van der Waals surface area contributed by atoms with E-state index < -0.39 is 0 Å². The molecule has 0 saturated heterocycles. The standard InChI is InChI=1S/C21H24ClN5O/c1-13-16(12-19(28)24-18-11-7-6-10-17(18)22)14(2)27-21(23-13)25-20(26-27)15-8-4-3-5-9-15/h6-7,10-11,15H,3-5,8-9,12H2,1-2H3,(H,24,28). The Bertz CT molecular complexity index is 1020. The first-order valence-electron chi connectivity index (χ1n) is 9.80. The number of benzene rings is 1. The number of aryl methyl sites for hydroxylation is 2. The lowest BCUT2D eigenvalue weighted by atomic mass is 9.89. The second-order valence-electron chi connectivity index (χ2n) is 7.48. The normalized spacial score (nSPS) is 15.1. The van der Waals surface area contributed by atoms with Crippen molar-refractivity contribution in [2.24, 2.45) is 0 Å². The van der Waals surface area contributed by atoms with Crippen LogP contribution in [0.15, 0.2) is 24.3 Å². The summed E-state index contributed by atoms with van der Waals surface area (Å²) in [5.74, 6) is 1.79. The fourth-order valence-corrected chi connectivity index (χ4v) is 4.11. The topological polar surface area (TPSA) is 72.2 Å². The molecule has 1 amide bonds. The number of nitrogens with zero attached hydrogens (tertiary/aromatic N) is 4. The van der Waals surface area contributed by atoms with Crippen molar-refractivity contribution in [1.29, 1.82) is 0 Å². The molecule has 2 heterocycles. The monoisotopic (exact) mass is 397 g/mol. The van der Waals surface area contributed by atoms with E-state index in [-0.39, 0.29) is 12.3 Å². The molecule has 1 aliphatic carbocycles. The highest BCUT2D eigenvalue weighted by Gasteiger charge is 2.22. The van der Waals surface area contributed by atoms with Gasteiger partial charge in [-0.2, -0.15) is 4.98 Å². The minimum absolute atomic E-state index is 0.131. The highest BCUT2D eigenvalue weighted by atomic mass is 35.5. The van der Waals surface area contributed by atoms with Crippen LogP contribution in [0.5, 0.6) is 0 Å². The Balaban J connectivity index is 1.60. The average molecular weight is 398 g/mol. The third kappa shape index (κ3) is 3.74. The summed E-state index contributed by atoms with van der Waals surface area (Å²) in [6.45, 7) is 3.89. The van der Waals surface area contributed by atoms with Gasteiger partial charge in [0.05, 0.1) is 17.1 Å². The van der Waals surface area contributed by atoms with Crippen LogP contribution in [0.4, 0.5) is 5.69 Å². The minimum atomic E-state index is -0.131. The van der Waals surface area contributed by atoms with E-state index in [2.05, 4.69) is 15.3 Å². The van der Waals surface area contributed by atoms with Crippen molar-refractivity contribution in [1.82, 2.24) is 19.6 Å². The number of carbonyl (C=O) groups is 1. The predicted octanol–water partition coefficient (Wildman–Crippen LogP) is 4.62. The summed E-state index contributed by atoms with van der Waals surface area (Å²) in [5, 5.41) is 8.13. The highest BCUT2D eigenvalue weighted by Crippen LogP contribution is 2.31. The van der Waals surface area contributed by atoms with E-state index in [4.69, 9.17) is 16.7 Å². The lowest BCUT2D eigenvalue weighted by Gasteiger charge is -2.17. The summed E-state index contributed by atoms with van der Waals surface area (Å²) < 4.78 is 1.79. The maximum absolute atomic E-state index is 12.6. The number of hydrogen-bond donors (Lipinski definition) is 1. The lowest BCUT2D eigenvalue weighted by molar-refractivity contribution is -0.115. The number of fused-ring (bicyclic) bond motifs is 1. The van der Waals surface area contributed by atoms with E-state index in [9.17, 15) is 4.79 Å². The van der Waals surface area contributed by atoms with Crippen molar-refractivity contribution < 1.29 is 4.79 Å². The maximum Gasteiger partial charge on any atom is 0.252 e. The molecular weight excluding hydrogens is 374 g/mol. The van der Waals surface area contributed by atoms with E-state index in [1.54, 1.807) is 16.6 Å². The van der Waals surface area contributed by atoms with Crippen LogP contribution in [0.2, 0.25) is 5.02 Å². The first kappa shape index (κ1) is 18.9. The van der Waals surface area contributed by atoms with Gasteiger partial charge in [-0.1, -0.05) is 43.0 Å². The van der Waals surface area contributed by atoms with Gasteiger partial charge in [0.2, 0.25) is 5.91 Å². The number of para-hydroxylation sites is 1. The van der Waals surface area contributed by atoms with Crippen LogP contribution in [0.3, 0.4) is 0 Å². The number of carbonyl (C=O) groups excluding carboxylic acids is 1. The molecule has 0 unspecified atom stereocenters. The molecule has 0 spiro atoms. The first-order valence-corrected chi connectivity index (χ1v) is 10.2. The molecule has 1 N–H and O–H groups in total. The number of hydrogen-bond acceptors (Lipinski definition) is 4. The molecule has 1 saturated carbocycles. The van der Waals surface area contributed by atoms with Crippen molar-refractivity contribution >= 4 is 29.0 Å². The van der Waals surface area contributed by atoms with Crippen LogP contribution in [0, 0.1) is 13.8 Å². The second kappa shape index (κ2) is 7.87. The van der Waals surface area contributed by atoms with E-state index in [0.29, 0.717) is 22.4 Å². The van der Waals surface area contributed by atoms with Crippen LogP contribution in [-0.4, -0.2) is 25.5 Å². The van der Waals surface area contributed by atoms with Gasteiger partial charge in [0.25, 0.3) is 5.78 Å². The number of nitrogens with one attached hydrogen (secondary N) is 1. The molecule has 28 heavy (non-hydrogen) atoms. The number of anilines is 1.